The number of nitrogens with two attached hydrogens (primary N) is 1. The van der Waals surface area contributed by atoms with Gasteiger partial charge in [-0.3, -0.25) is 4.79 Å². The summed E-state index contributed by atoms with van der Waals surface area (Å²) in [6.45, 7) is 10.4. The monoisotopic (exact) mass is 574 g/mol. The molecule has 0 saturated carbocycles. The van der Waals surface area contributed by atoms with Crippen LogP contribution in [0, 0.1) is 18.8 Å². The summed E-state index contributed by atoms with van der Waals surface area (Å²) in [5.74, 6) is -3.35. The molecule has 1 fully saturated rings. The third-order valence-corrected chi connectivity index (χ3v) is 7.77. The van der Waals surface area contributed by atoms with Crippen molar-refractivity contribution < 1.29 is 37.6 Å². The minimum absolute atomic E-state index is 0.117. The third kappa shape index (κ3) is 5.68. The molecule has 0 bridgehead atoms. The number of benzene rings is 1. The lowest BCUT2D eigenvalue weighted by Gasteiger charge is -2.40. The van der Waals surface area contributed by atoms with Gasteiger partial charge in [-0.25, -0.2) is 19.2 Å². The van der Waals surface area contributed by atoms with Crippen LogP contribution in [0.4, 0.5) is 9.59 Å². The molecule has 13 heteroatoms. The number of rotatable bonds is 8. The van der Waals surface area contributed by atoms with Crippen LogP contribution in [0.1, 0.15) is 63.7 Å². The molecule has 1 aliphatic rings. The molecule has 0 spiro atoms. The highest BCUT2D eigenvalue weighted by atomic mass is 16.5. The summed E-state index contributed by atoms with van der Waals surface area (Å²) in [7, 11) is 2.58. The van der Waals surface area contributed by atoms with Crippen LogP contribution < -0.4 is 16.2 Å². The Kier molecular flexibility index (Phi) is 9.54. The summed E-state index contributed by atoms with van der Waals surface area (Å²) < 4.78 is 15.6. The van der Waals surface area contributed by atoms with Crippen LogP contribution in [0.3, 0.4) is 0 Å². The maximum absolute atomic E-state index is 14.4. The molecule has 2 heterocycles. The molecule has 1 aromatic carbocycles. The maximum atomic E-state index is 14.4. The highest BCUT2D eigenvalue weighted by molar-refractivity contribution is 6.03. The number of aryl methyl sites for hydroxylation is 1. The Balaban J connectivity index is 2.12. The topological polar surface area (TPSA) is 164 Å². The van der Waals surface area contributed by atoms with Gasteiger partial charge in [0.1, 0.15) is 23.9 Å². The van der Waals surface area contributed by atoms with E-state index >= 15 is 0 Å². The average molecular weight is 575 g/mol. The standard InChI is InChI=1S/C28H40N5O8/c1-15(2)21(29)25(35)33(13-9-10-18(33)6)26(36)31(27(37)40-8)22(16(3)4)23(34)24-30-32(28(38)41-24)20-12-11-19(39-7)14-17(20)5/h11-12,14-16,18,21-22H,9-10,13,29H2,1-8H3/q+1/t18-,21+,22+,33?/m1/s1. The first kappa shape index (κ1) is 31.7. The number of quaternary nitrogens is 1. The minimum atomic E-state index is -1.50. The molecule has 13 nitrogen and oxygen atoms in total. The van der Waals surface area contributed by atoms with Crippen LogP contribution in [0.15, 0.2) is 27.4 Å². The van der Waals surface area contributed by atoms with E-state index in [1.807, 2.05) is 0 Å². The van der Waals surface area contributed by atoms with Crippen molar-refractivity contribution in [1.29, 1.82) is 0 Å². The third-order valence-electron chi connectivity index (χ3n) is 7.77. The van der Waals surface area contributed by atoms with Gasteiger partial charge in [-0.1, -0.05) is 27.7 Å². The number of imide groups is 2. The highest BCUT2D eigenvalue weighted by Crippen LogP contribution is 2.33. The largest absolute Gasteiger partial charge is 0.497 e. The number of nitrogens with zero attached hydrogens (tertiary/aromatic N) is 4. The molecule has 1 aromatic heterocycles. The van der Waals surface area contributed by atoms with Gasteiger partial charge in [0.2, 0.25) is 5.78 Å². The van der Waals surface area contributed by atoms with Crippen LogP contribution in [0.5, 0.6) is 5.75 Å². The lowest BCUT2D eigenvalue weighted by atomic mass is 9.97. The molecule has 1 unspecified atom stereocenters. The summed E-state index contributed by atoms with van der Waals surface area (Å²) in [6, 6.07) is 1.01. The first-order valence-corrected chi connectivity index (χ1v) is 13.6. The Bertz CT molecular complexity index is 1380. The first-order chi connectivity index (χ1) is 19.2. The number of likely N-dealkylation sites (tertiary alicyclic amines) is 1. The van der Waals surface area contributed by atoms with E-state index in [2.05, 4.69) is 5.10 Å². The number of methoxy groups -OCH3 is 2. The number of aromatic nitrogens is 2. The second-order valence-electron chi connectivity index (χ2n) is 11.1. The second-order valence-corrected chi connectivity index (χ2v) is 11.1. The Morgan fingerprint density at radius 3 is 2.29 bits per heavy atom. The van der Waals surface area contributed by atoms with Gasteiger partial charge in [0.15, 0.2) is 0 Å². The van der Waals surface area contributed by atoms with E-state index < -0.39 is 64.0 Å². The van der Waals surface area contributed by atoms with Crippen molar-refractivity contribution in [3.05, 3.63) is 40.2 Å². The summed E-state index contributed by atoms with van der Waals surface area (Å²) in [5.41, 5.74) is 7.21. The second kappa shape index (κ2) is 12.4. The predicted molar refractivity (Wildman–Crippen MR) is 148 cm³/mol. The van der Waals surface area contributed by atoms with Crippen molar-refractivity contribution >= 4 is 23.8 Å². The number of urea groups is 1. The Morgan fingerprint density at radius 2 is 1.80 bits per heavy atom. The van der Waals surface area contributed by atoms with Gasteiger partial charge < -0.3 is 19.6 Å². The van der Waals surface area contributed by atoms with Crippen molar-refractivity contribution in [2.45, 2.75) is 72.5 Å². The van der Waals surface area contributed by atoms with E-state index in [0.717, 1.165) is 11.8 Å². The van der Waals surface area contributed by atoms with E-state index in [1.54, 1.807) is 59.7 Å². The fraction of sp³-hybridized carbons (Fsp3) is 0.571. The molecule has 41 heavy (non-hydrogen) atoms. The number of hydrogen-bond donors (Lipinski definition) is 1. The van der Waals surface area contributed by atoms with Gasteiger partial charge in [0.05, 0.1) is 26.5 Å². The van der Waals surface area contributed by atoms with Gasteiger partial charge in [-0.05, 0) is 49.4 Å². The quantitative estimate of drug-likeness (QED) is 0.366. The van der Waals surface area contributed by atoms with Crippen LogP contribution in [0.25, 0.3) is 5.69 Å². The summed E-state index contributed by atoms with van der Waals surface area (Å²) >= 11 is 0. The number of ketones is 1. The van der Waals surface area contributed by atoms with Crippen molar-refractivity contribution in [2.24, 2.45) is 17.6 Å². The Morgan fingerprint density at radius 1 is 1.15 bits per heavy atom. The Hall–Kier alpha value is -3.84. The van der Waals surface area contributed by atoms with E-state index in [9.17, 15) is 24.0 Å². The number of amides is 4. The molecular formula is C28H40N5O8+. The van der Waals surface area contributed by atoms with Crippen LogP contribution in [0.2, 0.25) is 0 Å². The van der Waals surface area contributed by atoms with Crippen molar-refractivity contribution in [3.63, 3.8) is 0 Å². The van der Waals surface area contributed by atoms with E-state index in [0.29, 0.717) is 34.7 Å². The molecular weight excluding hydrogens is 534 g/mol. The maximum Gasteiger partial charge on any atom is 0.442 e. The van der Waals surface area contributed by atoms with Crippen LogP contribution >= 0.6 is 0 Å². The van der Waals surface area contributed by atoms with Crippen molar-refractivity contribution in [2.75, 3.05) is 20.8 Å². The van der Waals surface area contributed by atoms with Crippen LogP contribution in [-0.4, -0.2) is 81.9 Å². The van der Waals surface area contributed by atoms with Crippen LogP contribution in [-0.2, 0) is 9.53 Å². The summed E-state index contributed by atoms with van der Waals surface area (Å²) in [4.78, 5) is 68.7. The normalized spacial score (nSPS) is 20.1. The smallest absolute Gasteiger partial charge is 0.442 e. The summed E-state index contributed by atoms with van der Waals surface area (Å²) in [5, 5.41) is 4.11. The molecule has 1 aliphatic heterocycles. The minimum Gasteiger partial charge on any atom is -0.497 e. The predicted octanol–water partition coefficient (Wildman–Crippen LogP) is 3.05. The van der Waals surface area contributed by atoms with Gasteiger partial charge in [0, 0.05) is 12.8 Å². The lowest BCUT2D eigenvalue weighted by molar-refractivity contribution is -0.788. The zero-order valence-electron chi connectivity index (χ0n) is 24.9. The van der Waals surface area contributed by atoms with E-state index in [-0.39, 0.29) is 12.5 Å². The number of carbonyl (C=O) groups is 4. The van der Waals surface area contributed by atoms with E-state index in [1.165, 1.54) is 7.11 Å². The number of Topliss-reactive ketones (excluding diaryl/α,β-unsaturated/α-hetero) is 1. The molecule has 3 rings (SSSR count). The molecule has 4 amide bonds. The molecule has 2 N–H and O–H groups in total. The molecule has 4 atom stereocenters. The van der Waals surface area contributed by atoms with Gasteiger partial charge in [-0.15, -0.1) is 5.10 Å². The number of ether oxygens (including phenoxy) is 2. The van der Waals surface area contributed by atoms with Gasteiger partial charge in [0.25, 0.3) is 5.89 Å². The summed E-state index contributed by atoms with van der Waals surface area (Å²) in [6.07, 6.45) is -0.0467. The van der Waals surface area contributed by atoms with Crippen molar-refractivity contribution in [3.8, 4) is 11.4 Å². The molecule has 224 valence electrons. The zero-order chi connectivity index (χ0) is 30.8. The van der Waals surface area contributed by atoms with Crippen molar-refractivity contribution in [1.82, 2.24) is 14.7 Å². The average Bonchev–Trinajstić information content (AvgIpc) is 3.52. The zero-order valence-corrected chi connectivity index (χ0v) is 24.9. The molecule has 0 aliphatic carbocycles. The molecule has 0 radical (unpaired) electrons. The molecule has 1 saturated heterocycles. The fourth-order valence-corrected chi connectivity index (χ4v) is 5.30. The first-order valence-electron chi connectivity index (χ1n) is 13.6. The SMILES string of the molecule is COC(=O)N(C(=O)[N+]1(C(=O)[C@@H](N)C(C)C)CCC[C@H]1C)[C@H](C(=O)c1nn(-c2ccc(OC)cc2C)c(=O)o1)C(C)C. The van der Waals surface area contributed by atoms with Gasteiger partial charge in [-0.2, -0.15) is 14.1 Å². The van der Waals surface area contributed by atoms with Gasteiger partial charge >= 0.3 is 23.8 Å². The molecule has 2 aromatic rings. The number of carbonyl (C=O) groups excluding carboxylic acids is 4. The fourth-order valence-electron chi connectivity index (χ4n) is 5.30. The Labute approximate surface area is 238 Å². The lowest BCUT2D eigenvalue weighted by Crippen LogP contribution is -2.70. The number of hydrogen-bond acceptors (Lipinski definition) is 10. The van der Waals surface area contributed by atoms with E-state index in [4.69, 9.17) is 19.6 Å². The highest BCUT2D eigenvalue weighted by Gasteiger charge is 2.59.